The molecule has 6 heteroatoms. The van der Waals surface area contributed by atoms with Gasteiger partial charge in [-0.25, -0.2) is 0 Å². The van der Waals surface area contributed by atoms with Crippen molar-refractivity contribution in [2.45, 2.75) is 32.4 Å². The molecule has 2 atom stereocenters. The van der Waals surface area contributed by atoms with Crippen LogP contribution >= 0.6 is 0 Å². The summed E-state index contributed by atoms with van der Waals surface area (Å²) < 4.78 is 16.9. The van der Waals surface area contributed by atoms with Crippen molar-refractivity contribution in [1.29, 1.82) is 0 Å². The predicted octanol–water partition coefficient (Wildman–Crippen LogP) is 3.85. The largest absolute Gasteiger partial charge is 0.497 e. The van der Waals surface area contributed by atoms with Crippen molar-refractivity contribution in [2.75, 3.05) is 34.4 Å². The Kier molecular flexibility index (Phi) is 7.58. The fourth-order valence-corrected chi connectivity index (χ4v) is 3.71. The number of hydrogen-bond donors (Lipinski definition) is 1. The number of nitrogens with one attached hydrogen (secondary N) is 1. The van der Waals surface area contributed by atoms with Gasteiger partial charge in [-0.15, -0.1) is 0 Å². The Balaban J connectivity index is 1.67. The first kappa shape index (κ1) is 22.7. The Morgan fingerprint density at radius 2 is 2.03 bits per heavy atom. The third-order valence-corrected chi connectivity index (χ3v) is 5.34. The molecule has 1 amide bonds. The van der Waals surface area contributed by atoms with Gasteiger partial charge in [-0.05, 0) is 63.8 Å². The smallest absolute Gasteiger partial charge is 0.244 e. The van der Waals surface area contributed by atoms with Crippen molar-refractivity contribution in [2.24, 2.45) is 0 Å². The van der Waals surface area contributed by atoms with Crippen LogP contribution in [0.25, 0.3) is 6.08 Å². The lowest BCUT2D eigenvalue weighted by Gasteiger charge is -2.25. The van der Waals surface area contributed by atoms with Gasteiger partial charge in [-0.1, -0.05) is 12.1 Å². The van der Waals surface area contributed by atoms with Crippen LogP contribution in [0.4, 0.5) is 0 Å². The fourth-order valence-electron chi connectivity index (χ4n) is 3.71. The number of carbonyl (C=O) groups excluding carboxylic acids is 1. The minimum Gasteiger partial charge on any atom is -0.497 e. The van der Waals surface area contributed by atoms with Crippen molar-refractivity contribution in [3.05, 3.63) is 59.2 Å². The molecule has 0 saturated heterocycles. The lowest BCUT2D eigenvalue weighted by Crippen LogP contribution is -2.33. The Hall–Kier alpha value is -2.99. The highest BCUT2D eigenvalue weighted by Crippen LogP contribution is 2.35. The first-order chi connectivity index (χ1) is 14.9. The Bertz CT molecular complexity index is 922. The van der Waals surface area contributed by atoms with Gasteiger partial charge in [0.15, 0.2) is 0 Å². The lowest BCUT2D eigenvalue weighted by molar-refractivity contribution is -0.116. The van der Waals surface area contributed by atoms with E-state index in [9.17, 15) is 4.79 Å². The van der Waals surface area contributed by atoms with E-state index in [0.29, 0.717) is 13.2 Å². The SMILES string of the molecule is CCOc1cc2c(cc1/C=C/C(=O)NCC(c1ccc(OC)cc1)N(C)C)OC(C)C2. The van der Waals surface area contributed by atoms with Gasteiger partial charge in [-0.2, -0.15) is 0 Å². The summed E-state index contributed by atoms with van der Waals surface area (Å²) in [7, 11) is 5.64. The van der Waals surface area contributed by atoms with E-state index in [1.54, 1.807) is 19.3 Å². The summed E-state index contributed by atoms with van der Waals surface area (Å²) in [6, 6.07) is 11.9. The molecule has 3 rings (SSSR count). The number of methoxy groups -OCH3 is 1. The maximum Gasteiger partial charge on any atom is 0.244 e. The number of fused-ring (bicyclic) bond motifs is 1. The highest BCUT2D eigenvalue weighted by Gasteiger charge is 2.21. The zero-order chi connectivity index (χ0) is 22.4. The van der Waals surface area contributed by atoms with Crippen LogP contribution < -0.4 is 19.5 Å². The van der Waals surface area contributed by atoms with Crippen molar-refractivity contribution in [3.63, 3.8) is 0 Å². The van der Waals surface area contributed by atoms with E-state index in [-0.39, 0.29) is 18.1 Å². The number of hydrogen-bond acceptors (Lipinski definition) is 5. The molecule has 0 aromatic heterocycles. The van der Waals surface area contributed by atoms with E-state index in [2.05, 4.69) is 10.2 Å². The van der Waals surface area contributed by atoms with Gasteiger partial charge in [0, 0.05) is 30.2 Å². The molecule has 0 saturated carbocycles. The first-order valence-electron chi connectivity index (χ1n) is 10.6. The monoisotopic (exact) mass is 424 g/mol. The summed E-state index contributed by atoms with van der Waals surface area (Å²) in [5.74, 6) is 2.29. The second-order valence-corrected chi connectivity index (χ2v) is 7.89. The molecule has 0 spiro atoms. The number of amides is 1. The highest BCUT2D eigenvalue weighted by molar-refractivity contribution is 5.92. The molecule has 166 valence electrons. The van der Waals surface area contributed by atoms with Gasteiger partial charge in [0.05, 0.1) is 19.8 Å². The van der Waals surface area contributed by atoms with E-state index in [1.165, 1.54) is 0 Å². The molecular weight excluding hydrogens is 392 g/mol. The van der Waals surface area contributed by atoms with Crippen LogP contribution in [0.5, 0.6) is 17.2 Å². The molecular formula is C25H32N2O4. The highest BCUT2D eigenvalue weighted by atomic mass is 16.5. The number of benzene rings is 2. The second-order valence-electron chi connectivity index (χ2n) is 7.89. The van der Waals surface area contributed by atoms with Gasteiger partial charge < -0.3 is 24.4 Å². The number of rotatable bonds is 9. The van der Waals surface area contributed by atoms with Crippen LogP contribution in [0.2, 0.25) is 0 Å². The molecule has 2 unspecified atom stereocenters. The molecule has 0 aliphatic carbocycles. The van der Waals surface area contributed by atoms with E-state index < -0.39 is 0 Å². The summed E-state index contributed by atoms with van der Waals surface area (Å²) in [4.78, 5) is 14.6. The quantitative estimate of drug-likeness (QED) is 0.620. The molecule has 0 bridgehead atoms. The molecule has 2 aromatic rings. The number of nitrogens with zero attached hydrogens (tertiary/aromatic N) is 1. The van der Waals surface area contributed by atoms with Crippen molar-refractivity contribution >= 4 is 12.0 Å². The first-order valence-corrected chi connectivity index (χ1v) is 10.6. The molecule has 2 aromatic carbocycles. The third kappa shape index (κ3) is 5.79. The Morgan fingerprint density at radius 3 is 2.68 bits per heavy atom. The van der Waals surface area contributed by atoms with Crippen LogP contribution in [-0.2, 0) is 11.2 Å². The number of ether oxygens (including phenoxy) is 3. The van der Waals surface area contributed by atoms with Gasteiger partial charge in [0.1, 0.15) is 23.4 Å². The molecule has 0 fully saturated rings. The van der Waals surface area contributed by atoms with E-state index in [4.69, 9.17) is 14.2 Å². The van der Waals surface area contributed by atoms with Gasteiger partial charge in [0.25, 0.3) is 0 Å². The maximum absolute atomic E-state index is 12.5. The summed E-state index contributed by atoms with van der Waals surface area (Å²) in [5, 5.41) is 3.00. The number of likely N-dealkylation sites (N-methyl/N-ethyl adjacent to an activating group) is 1. The summed E-state index contributed by atoms with van der Waals surface area (Å²) >= 11 is 0. The van der Waals surface area contributed by atoms with Crippen LogP contribution in [0.3, 0.4) is 0 Å². The zero-order valence-corrected chi connectivity index (χ0v) is 19.0. The average molecular weight is 425 g/mol. The molecule has 0 radical (unpaired) electrons. The molecule has 1 aliphatic heterocycles. The molecule has 1 heterocycles. The van der Waals surface area contributed by atoms with Crippen molar-refractivity contribution in [1.82, 2.24) is 10.2 Å². The van der Waals surface area contributed by atoms with Crippen molar-refractivity contribution in [3.8, 4) is 17.2 Å². The van der Waals surface area contributed by atoms with Gasteiger partial charge in [-0.3, -0.25) is 4.79 Å². The standard InChI is InChI=1S/C25H32N2O4/c1-6-30-23-15-20-13-17(2)31-24(20)14-19(23)9-12-25(28)26-16-22(27(3)4)18-7-10-21(29-5)11-8-18/h7-12,14-15,17,22H,6,13,16H2,1-5H3,(H,26,28)/b12-9+. The second kappa shape index (κ2) is 10.4. The van der Waals surface area contributed by atoms with Crippen LogP contribution in [0, 0.1) is 0 Å². The number of carbonyl (C=O) groups is 1. The molecule has 31 heavy (non-hydrogen) atoms. The maximum atomic E-state index is 12.5. The molecule has 1 aliphatic rings. The minimum atomic E-state index is -0.155. The Morgan fingerprint density at radius 1 is 1.29 bits per heavy atom. The predicted molar refractivity (Wildman–Crippen MR) is 123 cm³/mol. The van der Waals surface area contributed by atoms with Crippen molar-refractivity contribution < 1.29 is 19.0 Å². The normalized spacial score (nSPS) is 16.1. The van der Waals surface area contributed by atoms with Crippen LogP contribution in [-0.4, -0.2) is 51.3 Å². The van der Waals surface area contributed by atoms with Crippen LogP contribution in [0.15, 0.2) is 42.5 Å². The van der Waals surface area contributed by atoms with Crippen LogP contribution in [0.1, 0.15) is 36.6 Å². The van der Waals surface area contributed by atoms with Gasteiger partial charge in [0.2, 0.25) is 5.91 Å². The van der Waals surface area contributed by atoms with Gasteiger partial charge >= 0.3 is 0 Å². The molecule has 1 N–H and O–H groups in total. The summed E-state index contributed by atoms with van der Waals surface area (Å²) in [5.41, 5.74) is 3.09. The topological polar surface area (TPSA) is 60.0 Å². The minimum absolute atomic E-state index is 0.0529. The summed E-state index contributed by atoms with van der Waals surface area (Å²) in [6.45, 7) is 5.06. The third-order valence-electron chi connectivity index (χ3n) is 5.34. The zero-order valence-electron chi connectivity index (χ0n) is 19.0. The van der Waals surface area contributed by atoms with E-state index >= 15 is 0 Å². The average Bonchev–Trinajstić information content (AvgIpc) is 3.11. The lowest BCUT2D eigenvalue weighted by atomic mass is 10.1. The Labute approximate surface area is 184 Å². The molecule has 6 nitrogen and oxygen atoms in total. The van der Waals surface area contributed by atoms with E-state index in [1.807, 2.05) is 64.3 Å². The summed E-state index contributed by atoms with van der Waals surface area (Å²) in [6.07, 6.45) is 4.36. The fraction of sp³-hybridized carbons (Fsp3) is 0.400. The van der Waals surface area contributed by atoms with E-state index in [0.717, 1.165) is 40.4 Å².